The number of rotatable bonds is 19. The van der Waals surface area contributed by atoms with Crippen LogP contribution in [-0.2, 0) is 12.8 Å². The summed E-state index contributed by atoms with van der Waals surface area (Å²) < 4.78 is 2.45. The van der Waals surface area contributed by atoms with Crippen molar-refractivity contribution in [2.75, 3.05) is 4.90 Å². The topological polar surface area (TPSA) is 8.17 Å². The third-order valence-corrected chi connectivity index (χ3v) is 15.9. The molecule has 2 nitrogen and oxygen atoms in total. The van der Waals surface area contributed by atoms with Crippen LogP contribution in [-0.4, -0.2) is 4.57 Å². The third-order valence-electron chi connectivity index (χ3n) is 15.9. The van der Waals surface area contributed by atoms with E-state index in [4.69, 9.17) is 0 Å². The zero-order valence-electron chi connectivity index (χ0n) is 45.8. The Labute approximate surface area is 458 Å². The maximum Gasteiger partial charge on any atom is 0.0541 e. The fourth-order valence-corrected chi connectivity index (χ4v) is 11.7. The van der Waals surface area contributed by atoms with Crippen LogP contribution in [0.15, 0.2) is 224 Å². The van der Waals surface area contributed by atoms with Gasteiger partial charge < -0.3 is 9.47 Å². The van der Waals surface area contributed by atoms with Crippen LogP contribution in [0.3, 0.4) is 0 Å². The Morgan fingerprint density at radius 1 is 0.338 bits per heavy atom. The van der Waals surface area contributed by atoms with Gasteiger partial charge in [0.2, 0.25) is 0 Å². The molecule has 0 spiro atoms. The van der Waals surface area contributed by atoms with Crippen LogP contribution >= 0.6 is 0 Å². The Kier molecular flexibility index (Phi) is 15.5. The second kappa shape index (κ2) is 23.4. The number of benzene rings is 10. The number of aromatic nitrogens is 1. The van der Waals surface area contributed by atoms with Gasteiger partial charge in [-0.3, -0.25) is 0 Å². The summed E-state index contributed by atoms with van der Waals surface area (Å²) in [5.74, 6) is 0. The highest BCUT2D eigenvalue weighted by Crippen LogP contribution is 2.45. The summed E-state index contributed by atoms with van der Waals surface area (Å²) in [7, 11) is 0. The lowest BCUT2D eigenvalue weighted by atomic mass is 9.85. The Hall–Kier alpha value is -8.20. The van der Waals surface area contributed by atoms with Gasteiger partial charge in [-0.1, -0.05) is 227 Å². The van der Waals surface area contributed by atoms with Crippen molar-refractivity contribution in [2.24, 2.45) is 0 Å². The SMILES string of the molecule is CCCCCCc1cc(-c2ccc(N(c3ccc(-c4ccc(C)cc4)cc3)c3ccccc3-c3ccccc3)cc2C)c(CCCCCC)cc1-c1ccc2c(c1)c1ccccc1n2-c1ccc(-c2ccc(C)cc2)cc1. The lowest BCUT2D eigenvalue weighted by molar-refractivity contribution is 0.664. The summed E-state index contributed by atoms with van der Waals surface area (Å²) in [6, 6.07) is 84.3. The van der Waals surface area contributed by atoms with E-state index in [2.05, 4.69) is 269 Å². The molecule has 0 amide bonds. The van der Waals surface area contributed by atoms with Crippen LogP contribution in [0.4, 0.5) is 17.1 Å². The maximum atomic E-state index is 2.60. The van der Waals surface area contributed by atoms with Crippen molar-refractivity contribution < 1.29 is 0 Å². The van der Waals surface area contributed by atoms with Gasteiger partial charge in [0.25, 0.3) is 0 Å². The monoisotopic (exact) mass is 1000 g/mol. The number of aryl methyl sites for hydroxylation is 5. The average Bonchev–Trinajstić information content (AvgIpc) is 3.98. The zero-order chi connectivity index (χ0) is 52.7. The lowest BCUT2D eigenvalue weighted by Gasteiger charge is -2.29. The van der Waals surface area contributed by atoms with Crippen LogP contribution < -0.4 is 4.90 Å². The average molecular weight is 1000 g/mol. The molecule has 77 heavy (non-hydrogen) atoms. The number of fused-ring (bicyclic) bond motifs is 3. The molecule has 382 valence electrons. The first-order valence-electron chi connectivity index (χ1n) is 28.4. The second-order valence-corrected chi connectivity index (χ2v) is 21.4. The maximum absolute atomic E-state index is 2.60. The van der Waals surface area contributed by atoms with Crippen molar-refractivity contribution in [1.82, 2.24) is 4.57 Å². The van der Waals surface area contributed by atoms with Crippen LogP contribution in [0.25, 0.3) is 83.1 Å². The fourth-order valence-electron chi connectivity index (χ4n) is 11.7. The minimum absolute atomic E-state index is 1.05. The van der Waals surface area contributed by atoms with E-state index in [-0.39, 0.29) is 0 Å². The molecule has 0 bridgehead atoms. The van der Waals surface area contributed by atoms with Gasteiger partial charge in [0.15, 0.2) is 0 Å². The van der Waals surface area contributed by atoms with E-state index >= 15 is 0 Å². The number of para-hydroxylation sites is 2. The Morgan fingerprint density at radius 3 is 1.49 bits per heavy atom. The molecule has 2 heteroatoms. The van der Waals surface area contributed by atoms with Gasteiger partial charge in [0.05, 0.1) is 16.7 Å². The largest absolute Gasteiger partial charge is 0.310 e. The van der Waals surface area contributed by atoms with E-state index in [9.17, 15) is 0 Å². The molecule has 0 radical (unpaired) electrons. The van der Waals surface area contributed by atoms with Crippen LogP contribution in [0, 0.1) is 20.8 Å². The first kappa shape index (κ1) is 50.9. The van der Waals surface area contributed by atoms with Gasteiger partial charge in [0.1, 0.15) is 0 Å². The van der Waals surface area contributed by atoms with Gasteiger partial charge >= 0.3 is 0 Å². The van der Waals surface area contributed by atoms with E-state index in [0.29, 0.717) is 0 Å². The molecule has 0 saturated heterocycles. The molecule has 11 aromatic rings. The van der Waals surface area contributed by atoms with Crippen LogP contribution in [0.2, 0.25) is 0 Å². The fraction of sp³-hybridized carbons (Fsp3) is 0.200. The molecule has 10 aromatic carbocycles. The van der Waals surface area contributed by atoms with E-state index in [1.165, 1.54) is 162 Å². The molecule has 0 N–H and O–H groups in total. The molecule has 0 aliphatic heterocycles. The molecule has 1 aromatic heterocycles. The van der Waals surface area contributed by atoms with Gasteiger partial charge in [-0.05, 0) is 174 Å². The molecule has 0 atom stereocenters. The highest BCUT2D eigenvalue weighted by Gasteiger charge is 2.22. The van der Waals surface area contributed by atoms with E-state index < -0.39 is 0 Å². The van der Waals surface area contributed by atoms with Crippen molar-refractivity contribution in [2.45, 2.75) is 98.8 Å². The Morgan fingerprint density at radius 2 is 0.857 bits per heavy atom. The van der Waals surface area contributed by atoms with Crippen molar-refractivity contribution in [3.05, 3.63) is 252 Å². The summed E-state index contributed by atoms with van der Waals surface area (Å²) in [6.07, 6.45) is 11.9. The molecule has 0 saturated carbocycles. The molecule has 11 rings (SSSR count). The Bertz CT molecular complexity index is 3770. The molecule has 0 unspecified atom stereocenters. The van der Waals surface area contributed by atoms with Crippen LogP contribution in [0.5, 0.6) is 0 Å². The first-order valence-corrected chi connectivity index (χ1v) is 28.4. The molecular formula is C75H72N2. The summed E-state index contributed by atoms with van der Waals surface area (Å²) >= 11 is 0. The van der Waals surface area contributed by atoms with Crippen molar-refractivity contribution in [3.8, 4) is 61.3 Å². The highest BCUT2D eigenvalue weighted by atomic mass is 15.1. The number of hydrogen-bond donors (Lipinski definition) is 0. The standard InChI is InChI=1S/C75H72N2/c1-6-8-10-13-23-61-51-71(67-47-46-66(49-55(67)5)76(73-27-19-17-25-68(73)60-21-15-12-16-22-60)64-42-37-58(38-43-64)56-33-29-53(3)30-34-56)62(24-14-11-9-7-2)50-70(61)63-41-48-75-72(52-63)69-26-18-20-28-74(69)77(75)65-44-39-59(40-45-65)57-35-31-54(4)32-36-57/h12,15-22,25-52H,6-11,13-14,23-24H2,1-5H3. The summed E-state index contributed by atoms with van der Waals surface area (Å²) in [4.78, 5) is 2.46. The Balaban J connectivity index is 1.02. The number of unbranched alkanes of at least 4 members (excludes halogenated alkanes) is 6. The van der Waals surface area contributed by atoms with E-state index in [0.717, 1.165) is 29.9 Å². The van der Waals surface area contributed by atoms with Gasteiger partial charge in [-0.2, -0.15) is 0 Å². The quantitative estimate of drug-likeness (QED) is 0.0733. The number of hydrogen-bond acceptors (Lipinski definition) is 1. The summed E-state index contributed by atoms with van der Waals surface area (Å²) in [5.41, 5.74) is 26.5. The van der Waals surface area contributed by atoms with Crippen molar-refractivity contribution >= 4 is 38.9 Å². The first-order chi connectivity index (χ1) is 37.8. The van der Waals surface area contributed by atoms with Crippen molar-refractivity contribution in [3.63, 3.8) is 0 Å². The van der Waals surface area contributed by atoms with E-state index in [1.807, 2.05) is 0 Å². The van der Waals surface area contributed by atoms with E-state index in [1.54, 1.807) is 0 Å². The molecule has 0 aliphatic carbocycles. The number of anilines is 3. The molecule has 1 heterocycles. The van der Waals surface area contributed by atoms with Gasteiger partial charge in [0, 0.05) is 33.4 Å². The van der Waals surface area contributed by atoms with Crippen LogP contribution in [0.1, 0.15) is 93.0 Å². The third kappa shape index (κ3) is 10.9. The predicted octanol–water partition coefficient (Wildman–Crippen LogP) is 21.8. The second-order valence-electron chi connectivity index (χ2n) is 21.4. The summed E-state index contributed by atoms with van der Waals surface area (Å²) in [6.45, 7) is 11.3. The predicted molar refractivity (Wildman–Crippen MR) is 333 cm³/mol. The molecule has 0 fully saturated rings. The normalized spacial score (nSPS) is 11.4. The smallest absolute Gasteiger partial charge is 0.0541 e. The molecule has 0 aliphatic rings. The minimum atomic E-state index is 1.05. The zero-order valence-corrected chi connectivity index (χ0v) is 45.8. The lowest BCUT2D eigenvalue weighted by Crippen LogP contribution is -2.11. The van der Waals surface area contributed by atoms with Gasteiger partial charge in [-0.25, -0.2) is 0 Å². The summed E-state index contributed by atoms with van der Waals surface area (Å²) in [5, 5.41) is 2.58. The van der Waals surface area contributed by atoms with Crippen molar-refractivity contribution in [1.29, 1.82) is 0 Å². The van der Waals surface area contributed by atoms with Gasteiger partial charge in [-0.15, -0.1) is 0 Å². The number of nitrogens with zero attached hydrogens (tertiary/aromatic N) is 2. The molecular weight excluding hydrogens is 929 g/mol. The minimum Gasteiger partial charge on any atom is -0.310 e. The highest BCUT2D eigenvalue weighted by molar-refractivity contribution is 6.10.